The number of alkyl halides is 3. The first kappa shape index (κ1) is 36.8. The van der Waals surface area contributed by atoms with Gasteiger partial charge in [-0.2, -0.15) is 18.3 Å². The molecule has 0 saturated carbocycles. The number of ether oxygens (including phenoxy) is 1. The first-order chi connectivity index (χ1) is 24.5. The summed E-state index contributed by atoms with van der Waals surface area (Å²) in [6.07, 6.45) is -3.63. The molecule has 1 N–H and O–H groups in total. The van der Waals surface area contributed by atoms with Crippen molar-refractivity contribution in [2.45, 2.75) is 83.3 Å². The Balaban J connectivity index is 1.21. The van der Waals surface area contributed by atoms with Gasteiger partial charge in [0.15, 0.2) is 6.10 Å². The molecule has 5 aromatic rings. The van der Waals surface area contributed by atoms with Crippen molar-refractivity contribution in [1.82, 2.24) is 24.6 Å². The van der Waals surface area contributed by atoms with Gasteiger partial charge in [0.1, 0.15) is 11.0 Å². The molecule has 276 valence electrons. The van der Waals surface area contributed by atoms with Gasteiger partial charge in [-0.05, 0) is 108 Å². The number of aliphatic carboxylic acids is 1. The van der Waals surface area contributed by atoms with Gasteiger partial charge >= 0.3 is 12.1 Å². The van der Waals surface area contributed by atoms with Crippen LogP contribution in [-0.4, -0.2) is 85.7 Å². The van der Waals surface area contributed by atoms with Crippen LogP contribution >= 0.6 is 22.9 Å². The molecule has 0 bridgehead atoms. The van der Waals surface area contributed by atoms with Crippen molar-refractivity contribution in [1.29, 1.82) is 0 Å². The third-order valence-electron chi connectivity index (χ3n) is 10.5. The molecule has 2 saturated heterocycles. The number of aryl methyl sites for hydroxylation is 2. The Hall–Kier alpha value is -3.55. The summed E-state index contributed by atoms with van der Waals surface area (Å²) in [5, 5.41) is 17.8. The fraction of sp³-hybridized carbons (Fsp3) is 0.462. The summed E-state index contributed by atoms with van der Waals surface area (Å²) in [4.78, 5) is 21.7. The zero-order valence-electron chi connectivity index (χ0n) is 30.1. The number of hydrogen-bond donors (Lipinski definition) is 1. The molecular weight excluding hydrogens is 711 g/mol. The van der Waals surface area contributed by atoms with Crippen LogP contribution in [0, 0.1) is 6.92 Å². The van der Waals surface area contributed by atoms with Gasteiger partial charge in [0.05, 0.1) is 27.0 Å². The number of thiazole rings is 1. The number of benzene rings is 3. The molecule has 2 fully saturated rings. The molecule has 4 heterocycles. The number of rotatable bonds is 8. The minimum Gasteiger partial charge on any atom is -0.479 e. The van der Waals surface area contributed by atoms with Gasteiger partial charge in [0.2, 0.25) is 0 Å². The predicted octanol–water partition coefficient (Wildman–Crippen LogP) is 9.23. The third kappa shape index (κ3) is 7.08. The first-order valence-corrected chi connectivity index (χ1v) is 18.8. The fourth-order valence-corrected chi connectivity index (χ4v) is 8.92. The molecule has 2 unspecified atom stereocenters. The fourth-order valence-electron chi connectivity index (χ4n) is 7.67. The zero-order valence-corrected chi connectivity index (χ0v) is 31.7. The van der Waals surface area contributed by atoms with Crippen molar-refractivity contribution in [2.24, 2.45) is 7.05 Å². The van der Waals surface area contributed by atoms with E-state index in [-0.39, 0.29) is 12.0 Å². The predicted molar refractivity (Wildman–Crippen MR) is 200 cm³/mol. The van der Waals surface area contributed by atoms with E-state index in [1.54, 1.807) is 12.1 Å². The summed E-state index contributed by atoms with van der Waals surface area (Å²) in [5.74, 6) is -0.836. The standard InChI is InChI=1S/C39H43ClF3N5O3S/c1-21-17-29-35(32(23-7-10-26(40)11-8-23)31(21)34(37(49)50)51-38(3,4)5)52-36(44-29)25-9-12-30-28(18-25)33(45-46(30)6)24-13-15-47(16-14-24)27-19-48(20-27)22(2)39(41,42)43/h7-12,17-18,22,24,27,34H,13-16,19-20H2,1-6H3,(H,49,50). The number of nitrogens with zero attached hydrogens (tertiary/aromatic N) is 5. The van der Waals surface area contributed by atoms with Crippen LogP contribution in [0.4, 0.5) is 13.2 Å². The van der Waals surface area contributed by atoms with Crippen LogP contribution in [0.25, 0.3) is 42.8 Å². The monoisotopic (exact) mass is 753 g/mol. The van der Waals surface area contributed by atoms with Crippen LogP contribution < -0.4 is 0 Å². The highest BCUT2D eigenvalue weighted by molar-refractivity contribution is 7.22. The largest absolute Gasteiger partial charge is 0.479 e. The molecule has 3 aromatic carbocycles. The molecule has 7 rings (SSSR count). The lowest BCUT2D eigenvalue weighted by Crippen LogP contribution is -2.64. The van der Waals surface area contributed by atoms with E-state index in [9.17, 15) is 23.1 Å². The maximum Gasteiger partial charge on any atom is 0.403 e. The Morgan fingerprint density at radius 3 is 2.31 bits per heavy atom. The minimum atomic E-state index is -4.20. The van der Waals surface area contributed by atoms with Crippen LogP contribution in [0.2, 0.25) is 5.02 Å². The number of carboxylic acid groups (broad SMARTS) is 1. The van der Waals surface area contributed by atoms with Gasteiger partial charge in [0, 0.05) is 59.2 Å². The quantitative estimate of drug-likeness (QED) is 0.169. The molecule has 2 aromatic heterocycles. The third-order valence-corrected chi connectivity index (χ3v) is 11.9. The number of piperidine rings is 1. The second kappa shape index (κ2) is 13.7. The number of halogens is 4. The minimum absolute atomic E-state index is 0.157. The van der Waals surface area contributed by atoms with Crippen LogP contribution in [0.5, 0.6) is 0 Å². The van der Waals surface area contributed by atoms with Crippen LogP contribution in [-0.2, 0) is 16.6 Å². The summed E-state index contributed by atoms with van der Waals surface area (Å²) in [5.41, 5.74) is 6.00. The molecule has 0 aliphatic carbocycles. The van der Waals surface area contributed by atoms with E-state index in [1.807, 2.05) is 57.6 Å². The Bertz CT molecular complexity index is 2130. The average molecular weight is 754 g/mol. The van der Waals surface area contributed by atoms with Crippen molar-refractivity contribution in [3.8, 4) is 21.7 Å². The van der Waals surface area contributed by atoms with Gasteiger partial charge in [-0.25, -0.2) is 9.78 Å². The Morgan fingerprint density at radius 2 is 1.69 bits per heavy atom. The highest BCUT2D eigenvalue weighted by atomic mass is 35.5. The molecule has 13 heteroatoms. The van der Waals surface area contributed by atoms with E-state index in [4.69, 9.17) is 26.4 Å². The van der Waals surface area contributed by atoms with Crippen molar-refractivity contribution >= 4 is 50.0 Å². The maximum atomic E-state index is 13.2. The molecule has 2 atom stereocenters. The highest BCUT2D eigenvalue weighted by Gasteiger charge is 2.46. The van der Waals surface area contributed by atoms with Crippen LogP contribution in [0.1, 0.15) is 69.4 Å². The van der Waals surface area contributed by atoms with Gasteiger partial charge in [-0.3, -0.25) is 14.5 Å². The van der Waals surface area contributed by atoms with E-state index in [0.29, 0.717) is 23.7 Å². The number of fused-ring (bicyclic) bond motifs is 2. The van der Waals surface area contributed by atoms with E-state index in [0.717, 1.165) is 80.0 Å². The maximum absolute atomic E-state index is 13.2. The molecule has 52 heavy (non-hydrogen) atoms. The first-order valence-electron chi connectivity index (χ1n) is 17.6. The lowest BCUT2D eigenvalue weighted by Gasteiger charge is -2.49. The molecule has 0 amide bonds. The Morgan fingerprint density at radius 1 is 1.04 bits per heavy atom. The average Bonchev–Trinajstić information content (AvgIpc) is 3.62. The summed E-state index contributed by atoms with van der Waals surface area (Å²) < 4.78 is 48.5. The molecule has 2 aliphatic heterocycles. The van der Waals surface area contributed by atoms with Crippen molar-refractivity contribution in [3.63, 3.8) is 0 Å². The van der Waals surface area contributed by atoms with E-state index >= 15 is 0 Å². The number of aromatic nitrogens is 3. The molecule has 0 spiro atoms. The second-order valence-corrected chi connectivity index (χ2v) is 16.6. The lowest BCUT2D eigenvalue weighted by atomic mass is 9.89. The SMILES string of the molecule is Cc1cc2nc(-c3ccc4c(c3)c(C3CCN(C5CN(C(C)C(F)(F)F)C5)CC3)nn4C)sc2c(-c2ccc(Cl)cc2)c1C(OC(C)(C)C)C(=O)O. The highest BCUT2D eigenvalue weighted by Crippen LogP contribution is 2.45. The molecule has 8 nitrogen and oxygen atoms in total. The molecule has 2 aliphatic rings. The molecular formula is C39H43ClF3N5O3S. The number of likely N-dealkylation sites (tertiary alicyclic amines) is 2. The summed E-state index contributed by atoms with van der Waals surface area (Å²) in [6, 6.07) is 14.4. The van der Waals surface area contributed by atoms with Crippen molar-refractivity contribution in [2.75, 3.05) is 26.2 Å². The van der Waals surface area contributed by atoms with Crippen LogP contribution in [0.3, 0.4) is 0 Å². The summed E-state index contributed by atoms with van der Waals surface area (Å²) in [6.45, 7) is 11.2. The van der Waals surface area contributed by atoms with Crippen LogP contribution in [0.15, 0.2) is 48.5 Å². The van der Waals surface area contributed by atoms with Gasteiger partial charge in [0.25, 0.3) is 0 Å². The van der Waals surface area contributed by atoms with E-state index in [2.05, 4.69) is 23.1 Å². The number of hydrogen-bond acceptors (Lipinski definition) is 7. The number of carbonyl (C=O) groups is 1. The van der Waals surface area contributed by atoms with Gasteiger partial charge in [-0.1, -0.05) is 23.7 Å². The van der Waals surface area contributed by atoms with Gasteiger partial charge in [-0.15, -0.1) is 11.3 Å². The van der Waals surface area contributed by atoms with Crippen molar-refractivity contribution < 1.29 is 27.8 Å². The Labute approximate surface area is 310 Å². The molecule has 0 radical (unpaired) electrons. The topological polar surface area (TPSA) is 83.7 Å². The summed E-state index contributed by atoms with van der Waals surface area (Å²) >= 11 is 7.79. The zero-order chi connectivity index (χ0) is 37.3. The van der Waals surface area contributed by atoms with Crippen molar-refractivity contribution in [3.05, 3.63) is 70.4 Å². The Kier molecular flexibility index (Phi) is 9.69. The van der Waals surface area contributed by atoms with E-state index in [1.165, 1.54) is 23.2 Å². The van der Waals surface area contributed by atoms with E-state index < -0.39 is 29.9 Å². The lowest BCUT2D eigenvalue weighted by molar-refractivity contribution is -0.195. The normalized spacial score (nSPS) is 18.3. The number of carboxylic acids is 1. The summed E-state index contributed by atoms with van der Waals surface area (Å²) in [7, 11) is 1.95. The smallest absolute Gasteiger partial charge is 0.403 e. The van der Waals surface area contributed by atoms with Gasteiger partial charge < -0.3 is 9.84 Å². The second-order valence-electron chi connectivity index (χ2n) is 15.2.